The van der Waals surface area contributed by atoms with E-state index >= 15 is 4.39 Å². The van der Waals surface area contributed by atoms with Gasteiger partial charge in [0.05, 0.1) is 11.1 Å². The summed E-state index contributed by atoms with van der Waals surface area (Å²) < 4.78 is 66.9. The molecular formula is C30H23F5. The van der Waals surface area contributed by atoms with E-state index in [-0.39, 0.29) is 11.1 Å². The Bertz CT molecular complexity index is 1400. The second-order valence-corrected chi connectivity index (χ2v) is 8.49. The fourth-order valence-electron chi connectivity index (χ4n) is 4.01. The van der Waals surface area contributed by atoms with E-state index in [1.807, 2.05) is 12.1 Å². The minimum absolute atomic E-state index is 0.0353. The van der Waals surface area contributed by atoms with Crippen LogP contribution < -0.4 is 0 Å². The molecule has 35 heavy (non-hydrogen) atoms. The van der Waals surface area contributed by atoms with E-state index in [1.54, 1.807) is 12.1 Å². The van der Waals surface area contributed by atoms with E-state index in [1.165, 1.54) is 17.2 Å². The van der Waals surface area contributed by atoms with E-state index in [9.17, 15) is 17.6 Å². The highest BCUT2D eigenvalue weighted by Crippen LogP contribution is 2.31. The summed E-state index contributed by atoms with van der Waals surface area (Å²) in [7, 11) is 0. The van der Waals surface area contributed by atoms with Crippen molar-refractivity contribution in [3.8, 4) is 11.8 Å². The molecule has 0 atom stereocenters. The Labute approximate surface area is 201 Å². The lowest BCUT2D eigenvalue weighted by atomic mass is 9.98. The average molecular weight is 479 g/mol. The van der Waals surface area contributed by atoms with E-state index < -0.39 is 23.4 Å². The Morgan fingerprint density at radius 3 is 2.00 bits per heavy atom. The maximum atomic E-state index is 15.0. The second kappa shape index (κ2) is 10.3. The lowest BCUT2D eigenvalue weighted by Crippen LogP contribution is -2.07. The fraction of sp³-hybridized carbons (Fsp3) is 0.200. The Kier molecular flexibility index (Phi) is 7.21. The zero-order valence-corrected chi connectivity index (χ0v) is 19.1. The van der Waals surface area contributed by atoms with E-state index in [0.29, 0.717) is 17.5 Å². The molecule has 0 bridgehead atoms. The van der Waals surface area contributed by atoms with Gasteiger partial charge in [0.25, 0.3) is 0 Å². The van der Waals surface area contributed by atoms with Gasteiger partial charge in [0.1, 0.15) is 11.6 Å². The molecule has 4 aromatic carbocycles. The van der Waals surface area contributed by atoms with Crippen LogP contribution in [0.1, 0.15) is 46.7 Å². The average Bonchev–Trinajstić information content (AvgIpc) is 2.82. The van der Waals surface area contributed by atoms with E-state index in [0.717, 1.165) is 42.7 Å². The first kappa shape index (κ1) is 24.5. The molecule has 0 radical (unpaired) electrons. The normalized spacial score (nSPS) is 11.4. The molecule has 4 rings (SSSR count). The predicted octanol–water partition coefficient (Wildman–Crippen LogP) is 8.27. The van der Waals surface area contributed by atoms with Gasteiger partial charge in [0.2, 0.25) is 0 Å². The number of benzene rings is 4. The van der Waals surface area contributed by atoms with Crippen molar-refractivity contribution in [1.29, 1.82) is 0 Å². The Morgan fingerprint density at radius 1 is 0.686 bits per heavy atom. The van der Waals surface area contributed by atoms with Crippen LogP contribution in [0.25, 0.3) is 10.8 Å². The summed E-state index contributed by atoms with van der Waals surface area (Å²) in [4.78, 5) is 0. The van der Waals surface area contributed by atoms with Gasteiger partial charge in [-0.05, 0) is 65.6 Å². The molecular weight excluding hydrogens is 455 g/mol. The number of alkyl halides is 3. The molecule has 0 heterocycles. The van der Waals surface area contributed by atoms with Gasteiger partial charge in [-0.3, -0.25) is 0 Å². The first-order valence-corrected chi connectivity index (χ1v) is 11.4. The molecule has 0 aliphatic heterocycles. The fourth-order valence-corrected chi connectivity index (χ4v) is 4.01. The van der Waals surface area contributed by atoms with Crippen LogP contribution in [0.2, 0.25) is 0 Å². The molecule has 0 aromatic heterocycles. The summed E-state index contributed by atoms with van der Waals surface area (Å²) >= 11 is 0. The van der Waals surface area contributed by atoms with Crippen molar-refractivity contribution < 1.29 is 22.0 Å². The first-order chi connectivity index (χ1) is 16.7. The number of fused-ring (bicyclic) bond motifs is 1. The molecule has 178 valence electrons. The highest BCUT2D eigenvalue weighted by atomic mass is 19.4. The summed E-state index contributed by atoms with van der Waals surface area (Å²) in [6.07, 6.45) is -0.879. The molecule has 5 heteroatoms. The summed E-state index contributed by atoms with van der Waals surface area (Å²) in [6.45, 7) is 2.16. The molecule has 0 amide bonds. The van der Waals surface area contributed by atoms with Gasteiger partial charge in [-0.25, -0.2) is 8.78 Å². The van der Waals surface area contributed by atoms with Crippen molar-refractivity contribution in [1.82, 2.24) is 0 Å². The maximum Gasteiger partial charge on any atom is 0.419 e. The monoisotopic (exact) mass is 478 g/mol. The highest BCUT2D eigenvalue weighted by molar-refractivity contribution is 5.85. The van der Waals surface area contributed by atoms with Crippen molar-refractivity contribution in [3.63, 3.8) is 0 Å². The quantitative estimate of drug-likeness (QED) is 0.200. The third kappa shape index (κ3) is 5.89. The van der Waals surface area contributed by atoms with Crippen molar-refractivity contribution in [2.75, 3.05) is 0 Å². The number of aryl methyl sites for hydroxylation is 3. The minimum atomic E-state index is -4.78. The van der Waals surface area contributed by atoms with Gasteiger partial charge < -0.3 is 0 Å². The lowest BCUT2D eigenvalue weighted by molar-refractivity contribution is -0.140. The largest absolute Gasteiger partial charge is 0.419 e. The maximum absolute atomic E-state index is 15.0. The third-order valence-electron chi connectivity index (χ3n) is 5.90. The SMILES string of the molecule is CCCc1ccc(CCc2ccc3c(F)c(C#Cc4ccc(C(F)(F)F)c(F)c4)ccc3c2)cc1. The molecule has 0 saturated heterocycles. The Balaban J connectivity index is 1.50. The summed E-state index contributed by atoms with van der Waals surface area (Å²) in [5, 5.41) is 1.15. The van der Waals surface area contributed by atoms with Crippen LogP contribution in [0.4, 0.5) is 22.0 Å². The van der Waals surface area contributed by atoms with Crippen LogP contribution in [0.5, 0.6) is 0 Å². The summed E-state index contributed by atoms with van der Waals surface area (Å²) in [5.41, 5.74) is 2.45. The van der Waals surface area contributed by atoms with Crippen molar-refractivity contribution >= 4 is 10.8 Å². The third-order valence-corrected chi connectivity index (χ3v) is 5.90. The van der Waals surface area contributed by atoms with E-state index in [2.05, 4.69) is 43.0 Å². The molecule has 0 fully saturated rings. The number of hydrogen-bond donors (Lipinski definition) is 0. The van der Waals surface area contributed by atoms with Gasteiger partial charge in [-0.2, -0.15) is 13.2 Å². The van der Waals surface area contributed by atoms with Gasteiger partial charge in [-0.15, -0.1) is 0 Å². The van der Waals surface area contributed by atoms with Crippen LogP contribution in [0, 0.1) is 23.5 Å². The molecule has 0 aliphatic rings. The molecule has 0 saturated carbocycles. The molecule has 0 nitrogen and oxygen atoms in total. The lowest BCUT2D eigenvalue weighted by Gasteiger charge is -2.08. The predicted molar refractivity (Wildman–Crippen MR) is 129 cm³/mol. The molecule has 0 N–H and O–H groups in total. The van der Waals surface area contributed by atoms with Crippen LogP contribution >= 0.6 is 0 Å². The molecule has 0 unspecified atom stereocenters. The summed E-state index contributed by atoms with van der Waals surface area (Å²) in [6, 6.07) is 19.9. The highest BCUT2D eigenvalue weighted by Gasteiger charge is 2.33. The van der Waals surface area contributed by atoms with Gasteiger partial charge in [0, 0.05) is 10.9 Å². The number of halogens is 5. The van der Waals surface area contributed by atoms with E-state index in [4.69, 9.17) is 0 Å². The Hall–Kier alpha value is -3.65. The van der Waals surface area contributed by atoms with Gasteiger partial charge in [-0.1, -0.05) is 73.7 Å². The van der Waals surface area contributed by atoms with Crippen LogP contribution in [-0.2, 0) is 25.4 Å². The van der Waals surface area contributed by atoms with Crippen LogP contribution in [0.15, 0.2) is 72.8 Å². The summed E-state index contributed by atoms with van der Waals surface area (Å²) in [5.74, 6) is 3.24. The number of hydrogen-bond acceptors (Lipinski definition) is 0. The smallest absolute Gasteiger partial charge is 0.206 e. The topological polar surface area (TPSA) is 0 Å². The Morgan fingerprint density at radius 2 is 1.34 bits per heavy atom. The zero-order chi connectivity index (χ0) is 25.0. The molecule has 4 aromatic rings. The number of rotatable bonds is 5. The zero-order valence-electron chi connectivity index (χ0n) is 19.1. The van der Waals surface area contributed by atoms with Crippen molar-refractivity contribution in [2.45, 2.75) is 38.8 Å². The molecule has 0 spiro atoms. The van der Waals surface area contributed by atoms with Crippen LogP contribution in [-0.4, -0.2) is 0 Å². The van der Waals surface area contributed by atoms with Gasteiger partial charge in [0.15, 0.2) is 0 Å². The standard InChI is InChI=1S/C30H23F5/c1-2-3-20-4-6-21(7-5-20)8-9-22-11-16-26-25(18-22)15-14-24(29(26)32)13-10-23-12-17-27(28(31)19-23)30(33,34)35/h4-7,11-12,14-19H,2-3,8-9H2,1H3. The van der Waals surface area contributed by atoms with Crippen molar-refractivity contribution in [2.24, 2.45) is 0 Å². The van der Waals surface area contributed by atoms with Crippen LogP contribution in [0.3, 0.4) is 0 Å². The van der Waals surface area contributed by atoms with Gasteiger partial charge >= 0.3 is 6.18 Å². The first-order valence-electron chi connectivity index (χ1n) is 11.4. The van der Waals surface area contributed by atoms with Crippen molar-refractivity contribution in [3.05, 3.63) is 118 Å². The minimum Gasteiger partial charge on any atom is -0.206 e. The second-order valence-electron chi connectivity index (χ2n) is 8.49. The molecule has 0 aliphatic carbocycles.